The number of rotatable bonds is 3. The fraction of sp³-hybridized carbons (Fsp3) is 0.571. The topological polar surface area (TPSA) is 78.1 Å². The number of hydrogen-bond acceptors (Lipinski definition) is 4. The molecular formula is C7H12N4O2S. The molecule has 2 N–H and O–H groups in total. The smallest absolute Gasteiger partial charge is 0.244 e. The van der Waals surface area contributed by atoms with Crippen LogP contribution in [0.4, 0.5) is 0 Å². The van der Waals surface area contributed by atoms with Crippen molar-refractivity contribution >= 4 is 10.0 Å². The third-order valence-corrected chi connectivity index (χ3v) is 3.66. The van der Waals surface area contributed by atoms with E-state index in [1.807, 2.05) is 11.9 Å². The van der Waals surface area contributed by atoms with E-state index in [1.165, 1.54) is 12.4 Å². The van der Waals surface area contributed by atoms with E-state index in [0.717, 1.165) is 13.1 Å². The molecule has 1 aliphatic rings. The number of sulfonamides is 1. The molecule has 0 radical (unpaired) electrons. The molecule has 7 heteroatoms. The lowest BCUT2D eigenvalue weighted by Crippen LogP contribution is -2.57. The molecule has 2 rings (SSSR count). The number of likely N-dealkylation sites (N-methyl/N-ethyl adjacent to an activating group) is 1. The summed E-state index contributed by atoms with van der Waals surface area (Å²) in [7, 11) is -1.42. The average Bonchev–Trinajstić information content (AvgIpc) is 2.52. The molecular weight excluding hydrogens is 204 g/mol. The zero-order valence-corrected chi connectivity index (χ0v) is 8.58. The Kier molecular flexibility index (Phi) is 2.30. The molecule has 78 valence electrons. The monoisotopic (exact) mass is 216 g/mol. The van der Waals surface area contributed by atoms with E-state index in [9.17, 15) is 8.42 Å². The number of hydrogen-bond donors (Lipinski definition) is 2. The van der Waals surface area contributed by atoms with Gasteiger partial charge in [0.25, 0.3) is 0 Å². The highest BCUT2D eigenvalue weighted by Crippen LogP contribution is 2.10. The normalized spacial score (nSPS) is 19.5. The number of H-pyrrole nitrogens is 1. The van der Waals surface area contributed by atoms with Gasteiger partial charge in [-0.2, -0.15) is 5.10 Å². The van der Waals surface area contributed by atoms with E-state index in [1.54, 1.807) is 0 Å². The van der Waals surface area contributed by atoms with Gasteiger partial charge in [-0.1, -0.05) is 0 Å². The highest BCUT2D eigenvalue weighted by Gasteiger charge is 2.28. The van der Waals surface area contributed by atoms with Crippen molar-refractivity contribution in [3.63, 3.8) is 0 Å². The molecule has 14 heavy (non-hydrogen) atoms. The first-order chi connectivity index (χ1) is 6.58. The highest BCUT2D eigenvalue weighted by molar-refractivity contribution is 7.89. The van der Waals surface area contributed by atoms with Crippen molar-refractivity contribution in [1.82, 2.24) is 19.8 Å². The minimum atomic E-state index is -3.37. The maximum Gasteiger partial charge on any atom is 0.244 e. The maximum absolute atomic E-state index is 11.6. The molecule has 1 aromatic heterocycles. The van der Waals surface area contributed by atoms with Crippen LogP contribution in [0, 0.1) is 0 Å². The van der Waals surface area contributed by atoms with Crippen molar-refractivity contribution in [3.8, 4) is 0 Å². The van der Waals surface area contributed by atoms with Crippen LogP contribution in [0.5, 0.6) is 0 Å². The van der Waals surface area contributed by atoms with Gasteiger partial charge in [-0.3, -0.25) is 5.10 Å². The third-order valence-electron chi connectivity index (χ3n) is 2.17. The molecule has 6 nitrogen and oxygen atoms in total. The first-order valence-corrected chi connectivity index (χ1v) is 5.76. The second kappa shape index (κ2) is 3.34. The predicted molar refractivity (Wildman–Crippen MR) is 50.2 cm³/mol. The van der Waals surface area contributed by atoms with E-state index in [-0.39, 0.29) is 10.9 Å². The van der Waals surface area contributed by atoms with Crippen molar-refractivity contribution in [1.29, 1.82) is 0 Å². The lowest BCUT2D eigenvalue weighted by molar-refractivity contribution is 0.180. The molecule has 0 amide bonds. The van der Waals surface area contributed by atoms with Crippen LogP contribution in [-0.2, 0) is 10.0 Å². The number of aromatic amines is 1. The first kappa shape index (κ1) is 9.63. The minimum Gasteiger partial charge on any atom is -0.303 e. The summed E-state index contributed by atoms with van der Waals surface area (Å²) < 4.78 is 25.8. The van der Waals surface area contributed by atoms with E-state index >= 15 is 0 Å². The Bertz CT molecular complexity index is 393. The van der Waals surface area contributed by atoms with Crippen LogP contribution in [0.25, 0.3) is 0 Å². The van der Waals surface area contributed by atoms with Gasteiger partial charge in [0.1, 0.15) is 4.90 Å². The number of nitrogens with zero attached hydrogens (tertiary/aromatic N) is 2. The Labute approximate surface area is 82.4 Å². The quantitative estimate of drug-likeness (QED) is 0.679. The van der Waals surface area contributed by atoms with Gasteiger partial charge in [0.2, 0.25) is 10.0 Å². The highest BCUT2D eigenvalue weighted by atomic mass is 32.2. The Morgan fingerprint density at radius 2 is 2.36 bits per heavy atom. The Hall–Kier alpha value is -0.920. The van der Waals surface area contributed by atoms with Gasteiger partial charge in [0, 0.05) is 25.3 Å². The van der Waals surface area contributed by atoms with Crippen LogP contribution >= 0.6 is 0 Å². The third kappa shape index (κ3) is 1.79. The molecule has 2 heterocycles. The van der Waals surface area contributed by atoms with E-state index in [0.29, 0.717) is 0 Å². The van der Waals surface area contributed by atoms with Crippen molar-refractivity contribution in [3.05, 3.63) is 12.4 Å². The van der Waals surface area contributed by atoms with Crippen molar-refractivity contribution < 1.29 is 8.42 Å². The fourth-order valence-corrected chi connectivity index (χ4v) is 2.57. The van der Waals surface area contributed by atoms with Gasteiger partial charge in [-0.25, -0.2) is 13.1 Å². The predicted octanol–water partition coefficient (Wildman–Crippen LogP) is -0.998. The number of aromatic nitrogens is 2. The van der Waals surface area contributed by atoms with Crippen molar-refractivity contribution in [2.45, 2.75) is 10.9 Å². The SMILES string of the molecule is CN1CC(NS(=O)(=O)c2cn[nH]c2)C1. The van der Waals surface area contributed by atoms with E-state index in [2.05, 4.69) is 14.9 Å². The van der Waals surface area contributed by atoms with Crippen LogP contribution in [0.3, 0.4) is 0 Å². The van der Waals surface area contributed by atoms with Crippen LogP contribution in [-0.4, -0.2) is 49.7 Å². The van der Waals surface area contributed by atoms with Crippen LogP contribution in [0.1, 0.15) is 0 Å². The van der Waals surface area contributed by atoms with Gasteiger partial charge in [0.15, 0.2) is 0 Å². The molecule has 0 aromatic carbocycles. The Balaban J connectivity index is 2.04. The lowest BCUT2D eigenvalue weighted by atomic mass is 10.2. The van der Waals surface area contributed by atoms with Gasteiger partial charge < -0.3 is 4.90 Å². The lowest BCUT2D eigenvalue weighted by Gasteiger charge is -2.36. The van der Waals surface area contributed by atoms with Crippen molar-refractivity contribution in [2.24, 2.45) is 0 Å². The summed E-state index contributed by atoms with van der Waals surface area (Å²) in [5, 5.41) is 6.07. The van der Waals surface area contributed by atoms with Gasteiger partial charge in [0.05, 0.1) is 6.20 Å². The molecule has 1 saturated heterocycles. The van der Waals surface area contributed by atoms with Crippen molar-refractivity contribution in [2.75, 3.05) is 20.1 Å². The molecule has 0 spiro atoms. The summed E-state index contributed by atoms with van der Waals surface area (Å²) in [6.07, 6.45) is 2.66. The summed E-state index contributed by atoms with van der Waals surface area (Å²) >= 11 is 0. The standard InChI is InChI=1S/C7H12N4O2S/c1-11-4-6(5-11)10-14(12,13)7-2-8-9-3-7/h2-3,6,10H,4-5H2,1H3,(H,8,9). The van der Waals surface area contributed by atoms with E-state index in [4.69, 9.17) is 0 Å². The molecule has 1 aromatic rings. The maximum atomic E-state index is 11.6. The molecule has 1 fully saturated rings. The molecule has 0 unspecified atom stereocenters. The van der Waals surface area contributed by atoms with Crippen LogP contribution < -0.4 is 4.72 Å². The number of likely N-dealkylation sites (tertiary alicyclic amines) is 1. The average molecular weight is 216 g/mol. The Morgan fingerprint density at radius 3 is 2.86 bits per heavy atom. The van der Waals surface area contributed by atoms with Crippen LogP contribution in [0.2, 0.25) is 0 Å². The zero-order valence-electron chi connectivity index (χ0n) is 7.77. The van der Waals surface area contributed by atoms with Gasteiger partial charge >= 0.3 is 0 Å². The number of nitrogens with one attached hydrogen (secondary N) is 2. The largest absolute Gasteiger partial charge is 0.303 e. The minimum absolute atomic E-state index is 0.0277. The Morgan fingerprint density at radius 1 is 1.64 bits per heavy atom. The fourth-order valence-electron chi connectivity index (χ4n) is 1.45. The second-order valence-electron chi connectivity index (χ2n) is 3.47. The molecule has 1 aliphatic heterocycles. The summed E-state index contributed by atoms with van der Waals surface area (Å²) in [6, 6.07) is 0.0277. The molecule has 0 bridgehead atoms. The molecule has 0 atom stereocenters. The van der Waals surface area contributed by atoms with Gasteiger partial charge in [-0.05, 0) is 7.05 Å². The molecule has 0 saturated carbocycles. The summed E-state index contributed by atoms with van der Waals surface area (Å²) in [4.78, 5) is 2.23. The zero-order chi connectivity index (χ0) is 10.2. The van der Waals surface area contributed by atoms with Gasteiger partial charge in [-0.15, -0.1) is 0 Å². The summed E-state index contributed by atoms with van der Waals surface area (Å²) in [5.41, 5.74) is 0. The second-order valence-corrected chi connectivity index (χ2v) is 5.19. The summed E-state index contributed by atoms with van der Waals surface area (Å²) in [5.74, 6) is 0. The van der Waals surface area contributed by atoms with E-state index < -0.39 is 10.0 Å². The summed E-state index contributed by atoms with van der Waals surface area (Å²) in [6.45, 7) is 1.52. The van der Waals surface area contributed by atoms with Crippen LogP contribution in [0.15, 0.2) is 17.3 Å². The molecule has 0 aliphatic carbocycles. The first-order valence-electron chi connectivity index (χ1n) is 4.27.